The van der Waals surface area contributed by atoms with Crippen molar-refractivity contribution >= 4 is 6.09 Å². The van der Waals surface area contributed by atoms with E-state index in [1.165, 1.54) is 0 Å². The fraction of sp³-hybridized carbons (Fsp3) is 0.889. The van der Waals surface area contributed by atoms with Crippen molar-refractivity contribution in [3.05, 3.63) is 0 Å². The number of hydrogen-bond donors (Lipinski definition) is 3. The summed E-state index contributed by atoms with van der Waals surface area (Å²) in [5, 5.41) is 26.5. The van der Waals surface area contributed by atoms with Gasteiger partial charge in [0.25, 0.3) is 0 Å². The largest absolute Gasteiger partial charge is 0.465 e. The summed E-state index contributed by atoms with van der Waals surface area (Å²) in [6.45, 7) is 5.59. The minimum atomic E-state index is -1.08. The quantitative estimate of drug-likeness (QED) is 0.619. The molecule has 3 N–H and O–H groups in total. The van der Waals surface area contributed by atoms with Crippen molar-refractivity contribution in [1.82, 2.24) is 4.90 Å². The van der Waals surface area contributed by atoms with Gasteiger partial charge in [0, 0.05) is 6.54 Å². The van der Waals surface area contributed by atoms with E-state index in [-0.39, 0.29) is 12.0 Å². The van der Waals surface area contributed by atoms with Gasteiger partial charge in [-0.25, -0.2) is 4.79 Å². The standard InChI is InChI=1S/C9H19NO4/c1-9(2,3)6-10(8(13)14)4-7(12)5-11/h7,11-12H,4-6H2,1-3H3,(H,13,14). The molecule has 0 heterocycles. The third-order valence-corrected chi connectivity index (χ3v) is 1.58. The summed E-state index contributed by atoms with van der Waals surface area (Å²) >= 11 is 0. The molecule has 0 aromatic heterocycles. The number of carboxylic acid groups (broad SMARTS) is 1. The third kappa shape index (κ3) is 5.77. The molecule has 0 saturated heterocycles. The summed E-state index contributed by atoms with van der Waals surface area (Å²) in [5.41, 5.74) is -0.159. The summed E-state index contributed by atoms with van der Waals surface area (Å²) in [6.07, 6.45) is -2.08. The van der Waals surface area contributed by atoms with Crippen LogP contribution in [0.3, 0.4) is 0 Å². The average molecular weight is 205 g/mol. The van der Waals surface area contributed by atoms with E-state index in [4.69, 9.17) is 15.3 Å². The Labute approximate surface area is 84.0 Å². The minimum Gasteiger partial charge on any atom is -0.465 e. The Morgan fingerprint density at radius 1 is 1.43 bits per heavy atom. The predicted octanol–water partition coefficient (Wildman–Crippen LogP) is 0.366. The van der Waals surface area contributed by atoms with E-state index >= 15 is 0 Å². The number of aliphatic hydroxyl groups is 2. The molecular formula is C9H19NO4. The summed E-state index contributed by atoms with van der Waals surface area (Å²) in [7, 11) is 0. The van der Waals surface area contributed by atoms with Crippen LogP contribution in [-0.2, 0) is 0 Å². The summed E-state index contributed by atoms with van der Waals surface area (Å²) in [4.78, 5) is 11.9. The fourth-order valence-corrected chi connectivity index (χ4v) is 1.09. The lowest BCUT2D eigenvalue weighted by Gasteiger charge is -2.28. The maximum Gasteiger partial charge on any atom is 0.407 e. The fourth-order valence-electron chi connectivity index (χ4n) is 1.09. The minimum absolute atomic E-state index is 0.0525. The highest BCUT2D eigenvalue weighted by Gasteiger charge is 2.22. The Balaban J connectivity index is 4.24. The van der Waals surface area contributed by atoms with Crippen LogP contribution in [-0.4, -0.2) is 52.1 Å². The molecule has 1 amide bonds. The monoisotopic (exact) mass is 205 g/mol. The van der Waals surface area contributed by atoms with Gasteiger partial charge >= 0.3 is 6.09 Å². The molecule has 5 heteroatoms. The molecule has 0 aromatic rings. The number of carbonyl (C=O) groups is 1. The van der Waals surface area contributed by atoms with E-state index in [0.29, 0.717) is 6.54 Å². The highest BCUT2D eigenvalue weighted by atomic mass is 16.4. The first kappa shape index (κ1) is 13.2. The van der Waals surface area contributed by atoms with Gasteiger partial charge in [-0.15, -0.1) is 0 Å². The molecule has 0 rings (SSSR count). The zero-order valence-electron chi connectivity index (χ0n) is 8.90. The van der Waals surface area contributed by atoms with Gasteiger partial charge in [0.15, 0.2) is 0 Å². The first-order valence-electron chi connectivity index (χ1n) is 4.53. The molecule has 0 aromatic carbocycles. The highest BCUT2D eigenvalue weighted by molar-refractivity contribution is 5.65. The topological polar surface area (TPSA) is 81.0 Å². The molecular weight excluding hydrogens is 186 g/mol. The lowest BCUT2D eigenvalue weighted by molar-refractivity contribution is 0.0482. The van der Waals surface area contributed by atoms with Gasteiger partial charge in [-0.3, -0.25) is 0 Å². The van der Waals surface area contributed by atoms with Gasteiger partial charge in [-0.2, -0.15) is 0 Å². The number of nitrogens with zero attached hydrogens (tertiary/aromatic N) is 1. The molecule has 0 saturated carbocycles. The molecule has 0 spiro atoms. The maximum absolute atomic E-state index is 10.8. The van der Waals surface area contributed by atoms with Gasteiger partial charge in [0.2, 0.25) is 0 Å². The Bertz CT molecular complexity index is 188. The SMILES string of the molecule is CC(C)(C)CN(CC(O)CO)C(=O)O. The lowest BCUT2D eigenvalue weighted by Crippen LogP contribution is -2.42. The van der Waals surface area contributed by atoms with E-state index in [2.05, 4.69) is 0 Å². The Kier molecular flexibility index (Phi) is 4.87. The van der Waals surface area contributed by atoms with E-state index in [1.54, 1.807) is 0 Å². The van der Waals surface area contributed by atoms with Crippen LogP contribution in [0.2, 0.25) is 0 Å². The second kappa shape index (κ2) is 5.17. The summed E-state index contributed by atoms with van der Waals surface area (Å²) in [6, 6.07) is 0. The number of rotatable bonds is 4. The van der Waals surface area contributed by atoms with E-state index in [1.807, 2.05) is 20.8 Å². The van der Waals surface area contributed by atoms with Crippen molar-refractivity contribution in [2.24, 2.45) is 5.41 Å². The lowest BCUT2D eigenvalue weighted by atomic mass is 9.96. The smallest absolute Gasteiger partial charge is 0.407 e. The van der Waals surface area contributed by atoms with Crippen molar-refractivity contribution in [1.29, 1.82) is 0 Å². The van der Waals surface area contributed by atoms with Crippen LogP contribution >= 0.6 is 0 Å². The number of amides is 1. The molecule has 0 radical (unpaired) electrons. The zero-order chi connectivity index (χ0) is 11.4. The van der Waals surface area contributed by atoms with Crippen molar-refractivity contribution < 1.29 is 20.1 Å². The van der Waals surface area contributed by atoms with Crippen LogP contribution in [0.5, 0.6) is 0 Å². The second-order valence-corrected chi connectivity index (χ2v) is 4.56. The van der Waals surface area contributed by atoms with Crippen molar-refractivity contribution in [3.8, 4) is 0 Å². The normalized spacial score (nSPS) is 13.8. The molecule has 14 heavy (non-hydrogen) atoms. The zero-order valence-corrected chi connectivity index (χ0v) is 8.90. The maximum atomic E-state index is 10.8. The van der Waals surface area contributed by atoms with E-state index in [9.17, 15) is 4.79 Å². The molecule has 0 aliphatic rings. The number of aliphatic hydroxyl groups excluding tert-OH is 2. The van der Waals surface area contributed by atoms with Crippen LogP contribution in [0.1, 0.15) is 20.8 Å². The molecule has 0 fully saturated rings. The molecule has 1 unspecified atom stereocenters. The van der Waals surface area contributed by atoms with Gasteiger partial charge in [-0.05, 0) is 5.41 Å². The van der Waals surface area contributed by atoms with Gasteiger partial charge in [-0.1, -0.05) is 20.8 Å². The average Bonchev–Trinajstić information content (AvgIpc) is 2.00. The molecule has 5 nitrogen and oxygen atoms in total. The predicted molar refractivity (Wildman–Crippen MR) is 52.1 cm³/mol. The third-order valence-electron chi connectivity index (χ3n) is 1.58. The Morgan fingerprint density at radius 3 is 2.21 bits per heavy atom. The van der Waals surface area contributed by atoms with Crippen molar-refractivity contribution in [2.75, 3.05) is 19.7 Å². The van der Waals surface area contributed by atoms with Crippen LogP contribution in [0.15, 0.2) is 0 Å². The first-order chi connectivity index (χ1) is 6.26. The van der Waals surface area contributed by atoms with E-state index in [0.717, 1.165) is 4.90 Å². The highest BCUT2D eigenvalue weighted by Crippen LogP contribution is 2.15. The van der Waals surface area contributed by atoms with Gasteiger partial charge < -0.3 is 20.2 Å². The molecule has 0 bridgehead atoms. The summed E-state index contributed by atoms with van der Waals surface area (Å²) in [5.74, 6) is 0. The second-order valence-electron chi connectivity index (χ2n) is 4.56. The first-order valence-corrected chi connectivity index (χ1v) is 4.53. The van der Waals surface area contributed by atoms with E-state index < -0.39 is 18.8 Å². The summed E-state index contributed by atoms with van der Waals surface area (Å²) < 4.78 is 0. The molecule has 1 atom stereocenters. The molecule has 84 valence electrons. The van der Waals surface area contributed by atoms with Gasteiger partial charge in [0.05, 0.1) is 19.3 Å². The van der Waals surface area contributed by atoms with Crippen LogP contribution in [0.4, 0.5) is 4.79 Å². The molecule has 0 aliphatic carbocycles. The Hall–Kier alpha value is -0.810. The molecule has 0 aliphatic heterocycles. The van der Waals surface area contributed by atoms with Gasteiger partial charge in [0.1, 0.15) is 0 Å². The van der Waals surface area contributed by atoms with Crippen molar-refractivity contribution in [3.63, 3.8) is 0 Å². The Morgan fingerprint density at radius 2 is 1.93 bits per heavy atom. The van der Waals surface area contributed by atoms with Crippen LogP contribution in [0.25, 0.3) is 0 Å². The van der Waals surface area contributed by atoms with Crippen LogP contribution < -0.4 is 0 Å². The van der Waals surface area contributed by atoms with Crippen LogP contribution in [0, 0.1) is 5.41 Å². The van der Waals surface area contributed by atoms with Crippen molar-refractivity contribution in [2.45, 2.75) is 26.9 Å². The number of hydrogen-bond acceptors (Lipinski definition) is 3.